The summed E-state index contributed by atoms with van der Waals surface area (Å²) in [5, 5.41) is 3.02. The first-order chi connectivity index (χ1) is 14.9. The van der Waals surface area contributed by atoms with Gasteiger partial charge in [-0.15, -0.1) is 0 Å². The SMILES string of the molecule is Cc1cc(C)c2c(c1)C1(C(=O)N2)C2C(=O)N(c3ccccc3F)C(=O)C2C2CCCN21. The number of hydrogen-bond acceptors (Lipinski definition) is 4. The molecule has 3 saturated heterocycles. The van der Waals surface area contributed by atoms with Gasteiger partial charge in [-0.1, -0.05) is 29.8 Å². The lowest BCUT2D eigenvalue weighted by Crippen LogP contribution is -2.54. The largest absolute Gasteiger partial charge is 0.324 e. The van der Waals surface area contributed by atoms with Crippen molar-refractivity contribution in [2.75, 3.05) is 16.8 Å². The molecule has 2 aromatic carbocycles. The molecular weight excluding hydrogens is 397 g/mol. The summed E-state index contributed by atoms with van der Waals surface area (Å²) in [6, 6.07) is 9.57. The number of imide groups is 1. The topological polar surface area (TPSA) is 69.7 Å². The number of nitrogens with zero attached hydrogens (tertiary/aromatic N) is 2. The lowest BCUT2D eigenvalue weighted by Gasteiger charge is -2.36. The minimum absolute atomic E-state index is 0.0364. The Bertz CT molecular complexity index is 1190. The molecule has 158 valence electrons. The number of aryl methyl sites for hydroxylation is 2. The van der Waals surface area contributed by atoms with Gasteiger partial charge in [0.05, 0.1) is 17.5 Å². The summed E-state index contributed by atoms with van der Waals surface area (Å²) in [4.78, 5) is 44.1. The number of benzene rings is 2. The quantitative estimate of drug-likeness (QED) is 0.722. The highest BCUT2D eigenvalue weighted by Gasteiger charge is 2.74. The number of carbonyl (C=O) groups is 3. The first kappa shape index (κ1) is 18.7. The van der Waals surface area contributed by atoms with Crippen molar-refractivity contribution in [3.8, 4) is 0 Å². The van der Waals surface area contributed by atoms with Crippen LogP contribution >= 0.6 is 0 Å². The van der Waals surface area contributed by atoms with Gasteiger partial charge in [0.15, 0.2) is 0 Å². The fourth-order valence-electron chi connectivity index (χ4n) is 6.53. The van der Waals surface area contributed by atoms with Gasteiger partial charge in [-0.05, 0) is 50.9 Å². The number of amides is 3. The Hall–Kier alpha value is -3.06. The van der Waals surface area contributed by atoms with E-state index < -0.39 is 35.0 Å². The van der Waals surface area contributed by atoms with Gasteiger partial charge in [-0.25, -0.2) is 9.29 Å². The van der Waals surface area contributed by atoms with Crippen LogP contribution in [0.5, 0.6) is 0 Å². The number of hydrogen-bond donors (Lipinski definition) is 1. The zero-order valence-electron chi connectivity index (χ0n) is 17.3. The van der Waals surface area contributed by atoms with Gasteiger partial charge in [-0.2, -0.15) is 0 Å². The highest BCUT2D eigenvalue weighted by molar-refractivity contribution is 6.26. The third-order valence-corrected chi connectivity index (χ3v) is 7.54. The van der Waals surface area contributed by atoms with Crippen molar-refractivity contribution in [1.29, 1.82) is 0 Å². The molecule has 4 atom stereocenters. The van der Waals surface area contributed by atoms with E-state index in [1.54, 1.807) is 6.07 Å². The first-order valence-electron chi connectivity index (χ1n) is 10.7. The Morgan fingerprint density at radius 1 is 1.10 bits per heavy atom. The minimum Gasteiger partial charge on any atom is -0.324 e. The van der Waals surface area contributed by atoms with Crippen LogP contribution in [0.25, 0.3) is 0 Å². The molecule has 4 heterocycles. The zero-order chi connectivity index (χ0) is 21.7. The molecule has 4 aliphatic rings. The average Bonchev–Trinajstić information content (AvgIpc) is 3.42. The number of para-hydroxylation sites is 1. The molecule has 0 radical (unpaired) electrons. The van der Waals surface area contributed by atoms with Gasteiger partial charge in [0, 0.05) is 17.3 Å². The normalized spacial score (nSPS) is 31.4. The standard InChI is InChI=1S/C24H22FN3O3/c1-12-10-13(2)20-14(11-12)24(23(31)26-20)19-18(17-8-5-9-27(17)24)21(29)28(22(19)30)16-7-4-3-6-15(16)25/h3-4,6-7,10-11,17-19H,5,8-9H2,1-2H3,(H,26,31). The summed E-state index contributed by atoms with van der Waals surface area (Å²) in [6.07, 6.45) is 1.59. The fourth-order valence-corrected chi connectivity index (χ4v) is 6.53. The van der Waals surface area contributed by atoms with Crippen LogP contribution in [0.4, 0.5) is 15.8 Å². The summed E-state index contributed by atoms with van der Waals surface area (Å²) in [7, 11) is 0. The summed E-state index contributed by atoms with van der Waals surface area (Å²) >= 11 is 0. The van der Waals surface area contributed by atoms with E-state index in [9.17, 15) is 18.8 Å². The van der Waals surface area contributed by atoms with E-state index in [0.717, 1.165) is 40.1 Å². The maximum Gasteiger partial charge on any atom is 0.250 e. The van der Waals surface area contributed by atoms with Crippen molar-refractivity contribution in [2.45, 2.75) is 38.3 Å². The second kappa shape index (κ2) is 6.01. The smallest absolute Gasteiger partial charge is 0.250 e. The van der Waals surface area contributed by atoms with Gasteiger partial charge in [0.25, 0.3) is 0 Å². The zero-order valence-corrected chi connectivity index (χ0v) is 17.3. The number of carbonyl (C=O) groups excluding carboxylic acids is 3. The highest BCUT2D eigenvalue weighted by atomic mass is 19.1. The maximum atomic E-state index is 14.6. The number of fused-ring (bicyclic) bond motifs is 7. The lowest BCUT2D eigenvalue weighted by atomic mass is 9.75. The Balaban J connectivity index is 1.60. The molecule has 3 fully saturated rings. The van der Waals surface area contributed by atoms with Crippen molar-refractivity contribution in [1.82, 2.24) is 4.90 Å². The number of nitrogens with one attached hydrogen (secondary N) is 1. The van der Waals surface area contributed by atoms with E-state index in [2.05, 4.69) is 10.2 Å². The molecule has 3 amide bonds. The van der Waals surface area contributed by atoms with Crippen LogP contribution in [-0.2, 0) is 19.9 Å². The molecule has 6 nitrogen and oxygen atoms in total. The van der Waals surface area contributed by atoms with Gasteiger partial charge in [0.1, 0.15) is 11.4 Å². The monoisotopic (exact) mass is 419 g/mol. The number of anilines is 2. The second-order valence-electron chi connectivity index (χ2n) is 9.09. The van der Waals surface area contributed by atoms with Crippen LogP contribution in [0.15, 0.2) is 36.4 Å². The van der Waals surface area contributed by atoms with E-state index in [1.165, 1.54) is 18.2 Å². The summed E-state index contributed by atoms with van der Waals surface area (Å²) < 4.78 is 14.6. The molecule has 0 aliphatic carbocycles. The van der Waals surface area contributed by atoms with Crippen LogP contribution in [0.1, 0.15) is 29.5 Å². The Labute approximate surface area is 179 Å². The highest BCUT2D eigenvalue weighted by Crippen LogP contribution is 2.61. The van der Waals surface area contributed by atoms with E-state index >= 15 is 0 Å². The van der Waals surface area contributed by atoms with Crippen molar-refractivity contribution in [3.63, 3.8) is 0 Å². The van der Waals surface area contributed by atoms with Crippen LogP contribution in [0.3, 0.4) is 0 Å². The van der Waals surface area contributed by atoms with E-state index in [0.29, 0.717) is 6.54 Å². The Morgan fingerprint density at radius 2 is 1.87 bits per heavy atom. The molecule has 0 bridgehead atoms. The molecule has 2 aromatic rings. The molecule has 0 aromatic heterocycles. The first-order valence-corrected chi connectivity index (χ1v) is 10.7. The summed E-state index contributed by atoms with van der Waals surface area (Å²) in [5.41, 5.74) is 2.16. The van der Waals surface area contributed by atoms with Crippen LogP contribution < -0.4 is 10.2 Å². The molecule has 0 saturated carbocycles. The van der Waals surface area contributed by atoms with Crippen molar-refractivity contribution < 1.29 is 18.8 Å². The minimum atomic E-state index is -1.23. The van der Waals surface area contributed by atoms with Gasteiger partial charge >= 0.3 is 0 Å². The number of halogens is 1. The lowest BCUT2D eigenvalue weighted by molar-refractivity contribution is -0.135. The van der Waals surface area contributed by atoms with Gasteiger partial charge in [0.2, 0.25) is 17.7 Å². The molecule has 7 heteroatoms. The van der Waals surface area contributed by atoms with Crippen LogP contribution in [0, 0.1) is 31.5 Å². The third kappa shape index (κ3) is 2.07. The molecule has 4 aliphatic heterocycles. The molecule has 1 N–H and O–H groups in total. The predicted octanol–water partition coefficient (Wildman–Crippen LogP) is 2.87. The fraction of sp³-hybridized carbons (Fsp3) is 0.375. The average molecular weight is 419 g/mol. The van der Waals surface area contributed by atoms with Crippen molar-refractivity contribution >= 4 is 29.1 Å². The van der Waals surface area contributed by atoms with E-state index in [4.69, 9.17) is 0 Å². The molecule has 1 spiro atoms. The second-order valence-corrected chi connectivity index (χ2v) is 9.09. The Morgan fingerprint density at radius 3 is 2.65 bits per heavy atom. The maximum absolute atomic E-state index is 14.6. The molecule has 6 rings (SSSR count). The summed E-state index contributed by atoms with van der Waals surface area (Å²) in [6.45, 7) is 4.55. The third-order valence-electron chi connectivity index (χ3n) is 7.54. The van der Waals surface area contributed by atoms with E-state index in [-0.39, 0.29) is 17.6 Å². The van der Waals surface area contributed by atoms with Crippen molar-refractivity contribution in [2.24, 2.45) is 11.8 Å². The Kier molecular flexibility index (Phi) is 3.62. The van der Waals surface area contributed by atoms with Crippen LogP contribution in [0.2, 0.25) is 0 Å². The van der Waals surface area contributed by atoms with Crippen LogP contribution in [-0.4, -0.2) is 35.2 Å². The van der Waals surface area contributed by atoms with E-state index in [1.807, 2.05) is 26.0 Å². The van der Waals surface area contributed by atoms with Gasteiger partial charge in [-0.3, -0.25) is 19.3 Å². The molecular formula is C24H22FN3O3. The van der Waals surface area contributed by atoms with Gasteiger partial charge < -0.3 is 5.32 Å². The number of rotatable bonds is 1. The molecule has 31 heavy (non-hydrogen) atoms. The predicted molar refractivity (Wildman–Crippen MR) is 112 cm³/mol. The van der Waals surface area contributed by atoms with Crippen molar-refractivity contribution in [3.05, 3.63) is 58.9 Å². The molecule has 4 unspecified atom stereocenters. The summed E-state index contributed by atoms with van der Waals surface area (Å²) in [5.74, 6) is -3.30.